The van der Waals surface area contributed by atoms with E-state index >= 15 is 0 Å². The van der Waals surface area contributed by atoms with Gasteiger partial charge in [0.25, 0.3) is 0 Å². The minimum Gasteiger partial charge on any atom is -0.478 e. The largest absolute Gasteiger partial charge is 0.478 e. The summed E-state index contributed by atoms with van der Waals surface area (Å²) in [7, 11) is 1.85. The maximum absolute atomic E-state index is 11.0. The highest BCUT2D eigenvalue weighted by molar-refractivity contribution is 5.89. The number of rotatable bonds is 3. The fraction of sp³-hybridized carbons (Fsp3) is 0.308. The first-order valence-corrected chi connectivity index (χ1v) is 5.76. The Hall–Kier alpha value is -2.17. The molecule has 2 aromatic rings. The summed E-state index contributed by atoms with van der Waals surface area (Å²) < 4.78 is 1.73. The Kier molecular flexibility index (Phi) is 3.14. The van der Waals surface area contributed by atoms with Crippen molar-refractivity contribution in [3.63, 3.8) is 0 Å². The van der Waals surface area contributed by atoms with Crippen molar-refractivity contribution in [2.45, 2.75) is 20.3 Å². The van der Waals surface area contributed by atoms with E-state index in [0.29, 0.717) is 12.1 Å². The van der Waals surface area contributed by atoms with Crippen LogP contribution >= 0.6 is 0 Å². The summed E-state index contributed by atoms with van der Waals surface area (Å²) in [6, 6.07) is 3.34. The van der Waals surface area contributed by atoms with Gasteiger partial charge in [0.2, 0.25) is 0 Å². The van der Waals surface area contributed by atoms with Crippen molar-refractivity contribution < 1.29 is 9.90 Å². The molecule has 2 aromatic heterocycles. The highest BCUT2D eigenvalue weighted by Crippen LogP contribution is 2.22. The third-order valence-electron chi connectivity index (χ3n) is 2.83. The lowest BCUT2D eigenvalue weighted by molar-refractivity contribution is 0.0695. The van der Waals surface area contributed by atoms with E-state index in [1.54, 1.807) is 16.8 Å². The van der Waals surface area contributed by atoms with Gasteiger partial charge >= 0.3 is 5.97 Å². The molecule has 2 rings (SSSR count). The molecule has 0 aliphatic rings. The number of nitrogens with zero attached hydrogens (tertiary/aromatic N) is 3. The number of carboxylic acids is 1. The number of carbonyl (C=O) groups is 1. The molecule has 0 amide bonds. The Morgan fingerprint density at radius 2 is 2.17 bits per heavy atom. The first-order valence-electron chi connectivity index (χ1n) is 5.76. The Morgan fingerprint density at radius 1 is 1.44 bits per heavy atom. The van der Waals surface area contributed by atoms with Gasteiger partial charge in [-0.05, 0) is 25.5 Å². The van der Waals surface area contributed by atoms with Crippen LogP contribution in [0.3, 0.4) is 0 Å². The smallest absolute Gasteiger partial charge is 0.337 e. The van der Waals surface area contributed by atoms with E-state index in [4.69, 9.17) is 5.11 Å². The molecule has 18 heavy (non-hydrogen) atoms. The van der Waals surface area contributed by atoms with Crippen molar-refractivity contribution in [1.29, 1.82) is 0 Å². The molecule has 1 N–H and O–H groups in total. The lowest BCUT2D eigenvalue weighted by Crippen LogP contribution is -2.04. The van der Waals surface area contributed by atoms with Gasteiger partial charge in [0, 0.05) is 18.8 Å². The SMILES string of the molecule is CCc1nc(-c2cn(C)nc2C)ccc1C(=O)O. The molecule has 0 unspecified atom stereocenters. The van der Waals surface area contributed by atoms with Crippen LogP contribution in [0, 0.1) is 6.92 Å². The summed E-state index contributed by atoms with van der Waals surface area (Å²) in [4.78, 5) is 15.5. The fourth-order valence-electron chi connectivity index (χ4n) is 1.97. The maximum Gasteiger partial charge on any atom is 0.337 e. The molecule has 0 saturated heterocycles. The second-order valence-corrected chi connectivity index (χ2v) is 4.15. The zero-order valence-electron chi connectivity index (χ0n) is 10.6. The number of aromatic nitrogens is 3. The number of aryl methyl sites for hydroxylation is 3. The van der Waals surface area contributed by atoms with Gasteiger partial charge in [-0.15, -0.1) is 0 Å². The van der Waals surface area contributed by atoms with Crippen LogP contribution in [0.1, 0.15) is 28.7 Å². The van der Waals surface area contributed by atoms with Crippen LogP contribution < -0.4 is 0 Å². The second kappa shape index (κ2) is 4.60. The summed E-state index contributed by atoms with van der Waals surface area (Å²) in [5, 5.41) is 13.3. The average Bonchev–Trinajstić information content (AvgIpc) is 2.67. The number of hydrogen-bond donors (Lipinski definition) is 1. The lowest BCUT2D eigenvalue weighted by Gasteiger charge is -2.05. The quantitative estimate of drug-likeness (QED) is 0.898. The zero-order valence-corrected chi connectivity index (χ0v) is 10.6. The van der Waals surface area contributed by atoms with Crippen LogP contribution in [0.25, 0.3) is 11.3 Å². The molecule has 0 bridgehead atoms. The highest BCUT2D eigenvalue weighted by Gasteiger charge is 2.13. The molecule has 94 valence electrons. The molecule has 0 atom stereocenters. The average molecular weight is 245 g/mol. The van der Waals surface area contributed by atoms with Crippen molar-refractivity contribution in [2.75, 3.05) is 0 Å². The van der Waals surface area contributed by atoms with Crippen LogP contribution in [-0.4, -0.2) is 25.8 Å². The molecule has 0 aliphatic heterocycles. The van der Waals surface area contributed by atoms with Gasteiger partial charge in [0.05, 0.1) is 22.6 Å². The van der Waals surface area contributed by atoms with E-state index in [0.717, 1.165) is 17.0 Å². The van der Waals surface area contributed by atoms with E-state index in [2.05, 4.69) is 10.1 Å². The van der Waals surface area contributed by atoms with Crippen molar-refractivity contribution in [2.24, 2.45) is 7.05 Å². The molecular weight excluding hydrogens is 230 g/mol. The van der Waals surface area contributed by atoms with Gasteiger partial charge in [-0.1, -0.05) is 6.92 Å². The van der Waals surface area contributed by atoms with Gasteiger partial charge in [-0.2, -0.15) is 5.10 Å². The Morgan fingerprint density at radius 3 is 2.67 bits per heavy atom. The predicted octanol–water partition coefficient (Wildman–Crippen LogP) is 2.05. The molecule has 5 nitrogen and oxygen atoms in total. The van der Waals surface area contributed by atoms with E-state index in [9.17, 15) is 4.79 Å². The summed E-state index contributed by atoms with van der Waals surface area (Å²) in [5.74, 6) is -0.936. The topological polar surface area (TPSA) is 68.0 Å². The predicted molar refractivity (Wildman–Crippen MR) is 67.5 cm³/mol. The number of aromatic carboxylic acids is 1. The first kappa shape index (κ1) is 12.3. The molecule has 0 spiro atoms. The van der Waals surface area contributed by atoms with Crippen molar-refractivity contribution in [3.05, 3.63) is 35.3 Å². The zero-order chi connectivity index (χ0) is 13.3. The Bertz CT molecular complexity index is 602. The second-order valence-electron chi connectivity index (χ2n) is 4.15. The monoisotopic (exact) mass is 245 g/mol. The van der Waals surface area contributed by atoms with E-state index < -0.39 is 5.97 Å². The number of pyridine rings is 1. The van der Waals surface area contributed by atoms with Crippen LogP contribution in [0.4, 0.5) is 0 Å². The lowest BCUT2D eigenvalue weighted by atomic mass is 10.1. The van der Waals surface area contributed by atoms with Gasteiger partial charge in [-0.25, -0.2) is 4.79 Å². The molecule has 0 radical (unpaired) electrons. The van der Waals surface area contributed by atoms with Crippen LogP contribution in [0.5, 0.6) is 0 Å². The minimum atomic E-state index is -0.936. The van der Waals surface area contributed by atoms with Crippen molar-refractivity contribution in [1.82, 2.24) is 14.8 Å². The van der Waals surface area contributed by atoms with Gasteiger partial charge in [0.15, 0.2) is 0 Å². The van der Waals surface area contributed by atoms with E-state index in [1.165, 1.54) is 0 Å². The Balaban J connectivity index is 2.54. The molecule has 0 saturated carbocycles. The maximum atomic E-state index is 11.0. The number of hydrogen-bond acceptors (Lipinski definition) is 3. The summed E-state index contributed by atoms with van der Waals surface area (Å²) in [5.41, 5.74) is 3.45. The molecular formula is C13H15N3O2. The van der Waals surface area contributed by atoms with Crippen molar-refractivity contribution >= 4 is 5.97 Å². The molecule has 0 aliphatic carbocycles. The molecule has 0 aromatic carbocycles. The normalized spacial score (nSPS) is 10.6. The summed E-state index contributed by atoms with van der Waals surface area (Å²) in [6.07, 6.45) is 2.48. The standard InChI is InChI=1S/C13H15N3O2/c1-4-11-9(13(17)18)5-6-12(14-11)10-7-16(3)15-8(10)2/h5-7H,4H2,1-3H3,(H,17,18). The first-order chi connectivity index (χ1) is 8.52. The molecule has 2 heterocycles. The van der Waals surface area contributed by atoms with E-state index in [1.807, 2.05) is 27.1 Å². The summed E-state index contributed by atoms with van der Waals surface area (Å²) >= 11 is 0. The third kappa shape index (κ3) is 2.11. The van der Waals surface area contributed by atoms with Crippen LogP contribution in [0.2, 0.25) is 0 Å². The Labute approximate surface area is 105 Å². The summed E-state index contributed by atoms with van der Waals surface area (Å²) in [6.45, 7) is 3.81. The minimum absolute atomic E-state index is 0.266. The van der Waals surface area contributed by atoms with Crippen molar-refractivity contribution in [3.8, 4) is 11.3 Å². The van der Waals surface area contributed by atoms with Gasteiger partial charge < -0.3 is 5.11 Å². The number of carboxylic acid groups (broad SMARTS) is 1. The van der Waals surface area contributed by atoms with E-state index in [-0.39, 0.29) is 5.56 Å². The van der Waals surface area contributed by atoms with Crippen LogP contribution in [-0.2, 0) is 13.5 Å². The highest BCUT2D eigenvalue weighted by atomic mass is 16.4. The van der Waals surface area contributed by atoms with Gasteiger partial charge in [-0.3, -0.25) is 9.67 Å². The fourth-order valence-corrected chi connectivity index (χ4v) is 1.97. The van der Waals surface area contributed by atoms with Gasteiger partial charge in [0.1, 0.15) is 0 Å². The molecule has 0 fully saturated rings. The third-order valence-corrected chi connectivity index (χ3v) is 2.83. The van der Waals surface area contributed by atoms with Crippen LogP contribution in [0.15, 0.2) is 18.3 Å². The molecule has 5 heteroatoms.